The third kappa shape index (κ3) is 2.50. The van der Waals surface area contributed by atoms with Crippen molar-refractivity contribution in [2.24, 2.45) is 0 Å². The molecule has 1 aliphatic heterocycles. The van der Waals surface area contributed by atoms with Crippen molar-refractivity contribution in [1.29, 1.82) is 0 Å². The third-order valence-electron chi connectivity index (χ3n) is 3.46. The van der Waals surface area contributed by atoms with Gasteiger partial charge in [-0.2, -0.15) is 4.98 Å². The molecule has 0 spiro atoms. The van der Waals surface area contributed by atoms with E-state index in [1.807, 2.05) is 12.1 Å². The zero-order chi connectivity index (χ0) is 13.2. The first-order valence-corrected chi connectivity index (χ1v) is 6.50. The van der Waals surface area contributed by atoms with E-state index in [4.69, 9.17) is 15.3 Å². The first-order chi connectivity index (χ1) is 9.26. The van der Waals surface area contributed by atoms with E-state index in [1.54, 1.807) is 6.07 Å². The zero-order valence-corrected chi connectivity index (χ0v) is 10.7. The molecule has 0 atom stereocenters. The summed E-state index contributed by atoms with van der Waals surface area (Å²) in [4.78, 5) is 8.85. The van der Waals surface area contributed by atoms with Crippen LogP contribution in [0.4, 0.5) is 11.7 Å². The maximum Gasteiger partial charge on any atom is 0.298 e. The van der Waals surface area contributed by atoms with Gasteiger partial charge < -0.3 is 20.2 Å². The van der Waals surface area contributed by atoms with Crippen molar-refractivity contribution in [1.82, 2.24) is 9.88 Å². The predicted molar refractivity (Wildman–Crippen MR) is 74.2 cm³/mol. The lowest BCUT2D eigenvalue weighted by molar-refractivity contribution is 0.187. The number of fused-ring (bicyclic) bond motifs is 1. The first-order valence-electron chi connectivity index (χ1n) is 6.50. The number of β-amino-alcohol motifs (C(OH)–C–C–N with tert-alkyl or cyclic N) is 1. The van der Waals surface area contributed by atoms with Gasteiger partial charge in [0, 0.05) is 44.5 Å². The Kier molecular flexibility index (Phi) is 3.27. The molecule has 1 aromatic carbocycles. The molecule has 1 aromatic heterocycles. The lowest BCUT2D eigenvalue weighted by Gasteiger charge is -2.33. The van der Waals surface area contributed by atoms with E-state index in [-0.39, 0.29) is 6.61 Å². The average Bonchev–Trinajstić information content (AvgIpc) is 2.83. The van der Waals surface area contributed by atoms with Gasteiger partial charge in [-0.25, -0.2) is 0 Å². The number of hydrogen-bond acceptors (Lipinski definition) is 6. The molecular weight excluding hydrogens is 244 g/mol. The van der Waals surface area contributed by atoms with Gasteiger partial charge in [0.1, 0.15) is 5.52 Å². The standard InChI is InChI=1S/C13H18N4O2/c14-10-1-2-11-12(9-10)19-13(15-11)17-5-3-16(4-6-17)7-8-18/h1-2,9,18H,3-8,14H2. The Labute approximate surface area is 111 Å². The number of nitrogen functional groups attached to an aromatic ring is 1. The van der Waals surface area contributed by atoms with Gasteiger partial charge in [0.25, 0.3) is 6.01 Å². The summed E-state index contributed by atoms with van der Waals surface area (Å²) in [5.41, 5.74) is 7.98. The molecule has 6 heteroatoms. The third-order valence-corrected chi connectivity index (χ3v) is 3.46. The number of nitrogens with zero attached hydrogens (tertiary/aromatic N) is 3. The molecule has 2 aromatic rings. The summed E-state index contributed by atoms with van der Waals surface area (Å²) >= 11 is 0. The summed E-state index contributed by atoms with van der Waals surface area (Å²) in [7, 11) is 0. The smallest absolute Gasteiger partial charge is 0.298 e. The fourth-order valence-corrected chi connectivity index (χ4v) is 2.37. The number of rotatable bonds is 3. The molecule has 1 fully saturated rings. The van der Waals surface area contributed by atoms with E-state index in [2.05, 4.69) is 14.8 Å². The molecule has 0 aliphatic carbocycles. The Morgan fingerprint density at radius 1 is 1.26 bits per heavy atom. The van der Waals surface area contributed by atoms with E-state index in [9.17, 15) is 0 Å². The largest absolute Gasteiger partial charge is 0.423 e. The van der Waals surface area contributed by atoms with Crippen molar-refractivity contribution in [2.75, 3.05) is 50.0 Å². The molecule has 3 N–H and O–H groups in total. The van der Waals surface area contributed by atoms with E-state index < -0.39 is 0 Å². The Bertz CT molecular complexity index is 561. The topological polar surface area (TPSA) is 78.8 Å². The van der Waals surface area contributed by atoms with Crippen LogP contribution in [0, 0.1) is 0 Å². The van der Waals surface area contributed by atoms with Gasteiger partial charge in [0.05, 0.1) is 6.61 Å². The van der Waals surface area contributed by atoms with Crippen LogP contribution in [0.5, 0.6) is 0 Å². The lowest BCUT2D eigenvalue weighted by atomic mass is 10.3. The normalized spacial score (nSPS) is 17.2. The highest BCUT2D eigenvalue weighted by molar-refractivity contribution is 5.78. The number of benzene rings is 1. The summed E-state index contributed by atoms with van der Waals surface area (Å²) < 4.78 is 5.75. The molecule has 102 valence electrons. The van der Waals surface area contributed by atoms with Crippen LogP contribution in [0.2, 0.25) is 0 Å². The SMILES string of the molecule is Nc1ccc2nc(N3CCN(CCO)CC3)oc2c1. The van der Waals surface area contributed by atoms with Gasteiger partial charge in [-0.05, 0) is 12.1 Å². The summed E-state index contributed by atoms with van der Waals surface area (Å²) in [6.45, 7) is 4.51. The minimum Gasteiger partial charge on any atom is -0.423 e. The highest BCUT2D eigenvalue weighted by Crippen LogP contribution is 2.24. The molecule has 6 nitrogen and oxygen atoms in total. The molecule has 19 heavy (non-hydrogen) atoms. The molecule has 1 aliphatic rings. The van der Waals surface area contributed by atoms with Gasteiger partial charge >= 0.3 is 0 Å². The van der Waals surface area contributed by atoms with Crippen molar-refractivity contribution < 1.29 is 9.52 Å². The molecule has 0 bridgehead atoms. The number of aliphatic hydroxyl groups is 1. The van der Waals surface area contributed by atoms with Crippen molar-refractivity contribution >= 4 is 22.8 Å². The van der Waals surface area contributed by atoms with Gasteiger partial charge in [-0.15, -0.1) is 0 Å². The van der Waals surface area contributed by atoms with Crippen LogP contribution in [0.15, 0.2) is 22.6 Å². The monoisotopic (exact) mass is 262 g/mol. The Morgan fingerprint density at radius 2 is 2.05 bits per heavy atom. The van der Waals surface area contributed by atoms with Crippen LogP contribution in [0.25, 0.3) is 11.1 Å². The lowest BCUT2D eigenvalue weighted by Crippen LogP contribution is -2.47. The second-order valence-electron chi connectivity index (χ2n) is 4.78. The maximum atomic E-state index is 8.92. The molecule has 0 unspecified atom stereocenters. The fourth-order valence-electron chi connectivity index (χ4n) is 2.37. The van der Waals surface area contributed by atoms with E-state index >= 15 is 0 Å². The summed E-state index contributed by atoms with van der Waals surface area (Å²) in [6, 6.07) is 6.16. The van der Waals surface area contributed by atoms with Crippen LogP contribution in [0.1, 0.15) is 0 Å². The number of hydrogen-bond donors (Lipinski definition) is 2. The number of anilines is 2. The zero-order valence-electron chi connectivity index (χ0n) is 10.7. The summed E-state index contributed by atoms with van der Waals surface area (Å²) in [5, 5.41) is 8.92. The van der Waals surface area contributed by atoms with Crippen molar-refractivity contribution in [2.45, 2.75) is 0 Å². The van der Waals surface area contributed by atoms with E-state index in [1.165, 1.54) is 0 Å². The van der Waals surface area contributed by atoms with Crippen molar-refractivity contribution in [3.8, 4) is 0 Å². The molecular formula is C13H18N4O2. The number of oxazole rings is 1. The summed E-state index contributed by atoms with van der Waals surface area (Å²) in [5.74, 6) is 0. The quantitative estimate of drug-likeness (QED) is 0.785. The summed E-state index contributed by atoms with van der Waals surface area (Å²) in [6.07, 6.45) is 0. The number of aromatic nitrogens is 1. The average molecular weight is 262 g/mol. The maximum absolute atomic E-state index is 8.92. The predicted octanol–water partition coefficient (Wildman–Crippen LogP) is 0.524. The molecule has 2 heterocycles. The molecule has 1 saturated heterocycles. The van der Waals surface area contributed by atoms with Crippen LogP contribution < -0.4 is 10.6 Å². The van der Waals surface area contributed by atoms with Gasteiger partial charge in [0.15, 0.2) is 5.58 Å². The van der Waals surface area contributed by atoms with Crippen molar-refractivity contribution in [3.63, 3.8) is 0 Å². The van der Waals surface area contributed by atoms with Gasteiger partial charge in [0.2, 0.25) is 0 Å². The second kappa shape index (κ2) is 5.07. The highest BCUT2D eigenvalue weighted by atomic mass is 16.4. The van der Waals surface area contributed by atoms with Crippen LogP contribution in [-0.4, -0.2) is 54.3 Å². The van der Waals surface area contributed by atoms with Crippen molar-refractivity contribution in [3.05, 3.63) is 18.2 Å². The Morgan fingerprint density at radius 3 is 2.79 bits per heavy atom. The first kappa shape index (κ1) is 12.3. The van der Waals surface area contributed by atoms with Gasteiger partial charge in [-0.1, -0.05) is 0 Å². The van der Waals surface area contributed by atoms with Crippen LogP contribution in [-0.2, 0) is 0 Å². The molecule has 0 saturated carbocycles. The molecule has 3 rings (SSSR count). The van der Waals surface area contributed by atoms with Crippen LogP contribution in [0.3, 0.4) is 0 Å². The fraction of sp³-hybridized carbons (Fsp3) is 0.462. The second-order valence-corrected chi connectivity index (χ2v) is 4.78. The minimum absolute atomic E-state index is 0.210. The van der Waals surface area contributed by atoms with E-state index in [0.717, 1.165) is 43.8 Å². The highest BCUT2D eigenvalue weighted by Gasteiger charge is 2.20. The number of aliphatic hydroxyl groups excluding tert-OH is 1. The van der Waals surface area contributed by atoms with Gasteiger partial charge in [-0.3, -0.25) is 4.90 Å². The Hall–Kier alpha value is -1.79. The molecule has 0 amide bonds. The minimum atomic E-state index is 0.210. The number of nitrogens with two attached hydrogens (primary N) is 1. The van der Waals surface area contributed by atoms with Crippen LogP contribution >= 0.6 is 0 Å². The number of piperazine rings is 1. The van der Waals surface area contributed by atoms with E-state index in [0.29, 0.717) is 11.7 Å². The Balaban J connectivity index is 1.74. The molecule has 0 radical (unpaired) electrons.